The third-order valence-electron chi connectivity index (χ3n) is 6.01. The molecular weight excluding hydrogens is 384 g/mol. The Morgan fingerprint density at radius 3 is 2.52 bits per heavy atom. The predicted octanol–water partition coefficient (Wildman–Crippen LogP) is 4.29. The molecule has 154 valence electrons. The highest BCUT2D eigenvalue weighted by Gasteiger charge is 2.23. The minimum absolute atomic E-state index is 0.0780. The number of carbonyl (C=O) groups is 1. The van der Waals surface area contributed by atoms with E-state index in [2.05, 4.69) is 26.2 Å². The molecule has 0 radical (unpaired) electrons. The van der Waals surface area contributed by atoms with E-state index >= 15 is 0 Å². The SMILES string of the molecule is O=C(NCC(c1cccnc1)N1CCCCC1)c1ccc(N2CCCC2)c(Cl)c1. The van der Waals surface area contributed by atoms with Crippen molar-refractivity contribution in [3.63, 3.8) is 0 Å². The quantitative estimate of drug-likeness (QED) is 0.768. The second-order valence-corrected chi connectivity index (χ2v) is 8.38. The summed E-state index contributed by atoms with van der Waals surface area (Å²) in [5.41, 5.74) is 2.79. The number of carbonyl (C=O) groups excluding carboxylic acids is 1. The van der Waals surface area contributed by atoms with Gasteiger partial charge in [0.2, 0.25) is 0 Å². The van der Waals surface area contributed by atoms with Crippen LogP contribution in [0.25, 0.3) is 0 Å². The van der Waals surface area contributed by atoms with Gasteiger partial charge < -0.3 is 10.2 Å². The molecule has 1 atom stereocenters. The molecule has 2 fully saturated rings. The van der Waals surface area contributed by atoms with Crippen LogP contribution < -0.4 is 10.2 Å². The molecule has 1 aromatic carbocycles. The smallest absolute Gasteiger partial charge is 0.251 e. The van der Waals surface area contributed by atoms with Crippen LogP contribution >= 0.6 is 11.6 Å². The molecule has 2 saturated heterocycles. The van der Waals surface area contributed by atoms with Gasteiger partial charge in [0.05, 0.1) is 16.8 Å². The molecule has 2 aliphatic rings. The van der Waals surface area contributed by atoms with Gasteiger partial charge in [-0.2, -0.15) is 0 Å². The van der Waals surface area contributed by atoms with E-state index in [1.54, 1.807) is 12.3 Å². The topological polar surface area (TPSA) is 48.5 Å². The lowest BCUT2D eigenvalue weighted by Gasteiger charge is -2.34. The highest BCUT2D eigenvalue weighted by atomic mass is 35.5. The first-order valence-corrected chi connectivity index (χ1v) is 11.1. The molecule has 1 unspecified atom stereocenters. The Labute approximate surface area is 178 Å². The normalized spacial score (nSPS) is 18.6. The molecule has 3 heterocycles. The summed E-state index contributed by atoms with van der Waals surface area (Å²) in [6, 6.07) is 9.86. The zero-order valence-corrected chi connectivity index (χ0v) is 17.6. The van der Waals surface area contributed by atoms with Gasteiger partial charge in [0, 0.05) is 37.6 Å². The van der Waals surface area contributed by atoms with E-state index in [0.29, 0.717) is 17.1 Å². The fourth-order valence-corrected chi connectivity index (χ4v) is 4.72. The lowest BCUT2D eigenvalue weighted by atomic mass is 10.0. The first-order valence-electron chi connectivity index (χ1n) is 10.7. The summed E-state index contributed by atoms with van der Waals surface area (Å²) in [6.07, 6.45) is 9.79. The number of hydrogen-bond acceptors (Lipinski definition) is 4. The number of anilines is 1. The van der Waals surface area contributed by atoms with Crippen LogP contribution in [0.1, 0.15) is 54.1 Å². The van der Waals surface area contributed by atoms with Crippen LogP contribution in [-0.2, 0) is 0 Å². The van der Waals surface area contributed by atoms with E-state index in [1.807, 2.05) is 24.4 Å². The predicted molar refractivity (Wildman–Crippen MR) is 118 cm³/mol. The standard InChI is InChI=1S/C23H29ClN4O/c24-20-15-18(8-9-21(20)27-13-4-5-14-27)23(29)26-17-22(19-7-6-10-25-16-19)28-11-2-1-3-12-28/h6-10,15-16,22H,1-5,11-14,17H2,(H,26,29). The van der Waals surface area contributed by atoms with Gasteiger partial charge in [-0.15, -0.1) is 0 Å². The number of amides is 1. The molecule has 1 aromatic heterocycles. The highest BCUT2D eigenvalue weighted by molar-refractivity contribution is 6.33. The molecule has 1 N–H and O–H groups in total. The molecule has 0 spiro atoms. The van der Waals surface area contributed by atoms with Crippen molar-refractivity contribution in [2.24, 2.45) is 0 Å². The number of pyridine rings is 1. The number of hydrogen-bond donors (Lipinski definition) is 1. The first-order chi connectivity index (χ1) is 14.2. The number of aromatic nitrogens is 1. The second-order valence-electron chi connectivity index (χ2n) is 7.97. The Balaban J connectivity index is 1.44. The number of rotatable bonds is 6. The molecule has 0 aliphatic carbocycles. The largest absolute Gasteiger partial charge is 0.370 e. The molecule has 1 amide bonds. The highest BCUT2D eigenvalue weighted by Crippen LogP contribution is 2.30. The van der Waals surface area contributed by atoms with Crippen molar-refractivity contribution < 1.29 is 4.79 Å². The van der Waals surface area contributed by atoms with Crippen molar-refractivity contribution in [3.8, 4) is 0 Å². The molecule has 29 heavy (non-hydrogen) atoms. The summed E-state index contributed by atoms with van der Waals surface area (Å²) >= 11 is 6.50. The van der Waals surface area contributed by atoms with Crippen LogP contribution in [0.4, 0.5) is 5.69 Å². The lowest BCUT2D eigenvalue weighted by molar-refractivity contribution is 0.0924. The van der Waals surface area contributed by atoms with Gasteiger partial charge in [-0.25, -0.2) is 0 Å². The summed E-state index contributed by atoms with van der Waals surface area (Å²) in [4.78, 5) is 21.9. The van der Waals surface area contributed by atoms with Gasteiger partial charge in [-0.3, -0.25) is 14.7 Å². The average molecular weight is 413 g/mol. The van der Waals surface area contributed by atoms with E-state index in [9.17, 15) is 4.79 Å². The monoisotopic (exact) mass is 412 g/mol. The van der Waals surface area contributed by atoms with E-state index in [1.165, 1.54) is 32.1 Å². The number of nitrogens with zero attached hydrogens (tertiary/aromatic N) is 3. The molecular formula is C23H29ClN4O. The Hall–Kier alpha value is -2.11. The maximum Gasteiger partial charge on any atom is 0.251 e. The van der Waals surface area contributed by atoms with E-state index < -0.39 is 0 Å². The number of benzene rings is 1. The van der Waals surface area contributed by atoms with Gasteiger partial charge in [0.15, 0.2) is 0 Å². The summed E-state index contributed by atoms with van der Waals surface area (Å²) in [7, 11) is 0. The van der Waals surface area contributed by atoms with Gasteiger partial charge in [0.25, 0.3) is 5.91 Å². The van der Waals surface area contributed by atoms with Crippen molar-refractivity contribution in [1.29, 1.82) is 0 Å². The Bertz CT molecular complexity index is 817. The fourth-order valence-electron chi connectivity index (χ4n) is 4.41. The zero-order valence-electron chi connectivity index (χ0n) is 16.8. The number of piperidine rings is 1. The summed E-state index contributed by atoms with van der Waals surface area (Å²) in [5.74, 6) is -0.0780. The third-order valence-corrected chi connectivity index (χ3v) is 6.32. The van der Waals surface area contributed by atoms with Gasteiger partial charge >= 0.3 is 0 Å². The molecule has 2 aliphatic heterocycles. The van der Waals surface area contributed by atoms with Gasteiger partial charge in [-0.1, -0.05) is 24.1 Å². The van der Waals surface area contributed by atoms with Crippen LogP contribution in [0.15, 0.2) is 42.7 Å². The molecule has 6 heteroatoms. The maximum atomic E-state index is 12.8. The summed E-state index contributed by atoms with van der Waals surface area (Å²) in [6.45, 7) is 4.76. The van der Waals surface area contributed by atoms with E-state index in [-0.39, 0.29) is 11.9 Å². The molecule has 0 bridgehead atoms. The van der Waals surface area contributed by atoms with Crippen LogP contribution in [0, 0.1) is 0 Å². The average Bonchev–Trinajstić information content (AvgIpc) is 3.30. The summed E-state index contributed by atoms with van der Waals surface area (Å²) in [5, 5.41) is 3.78. The summed E-state index contributed by atoms with van der Waals surface area (Å²) < 4.78 is 0. The van der Waals surface area contributed by atoms with Crippen LogP contribution in [0.3, 0.4) is 0 Å². The second kappa shape index (κ2) is 9.59. The van der Waals surface area contributed by atoms with Crippen LogP contribution in [0.2, 0.25) is 5.02 Å². The van der Waals surface area contributed by atoms with Gasteiger partial charge in [0.1, 0.15) is 0 Å². The lowest BCUT2D eigenvalue weighted by Crippen LogP contribution is -2.40. The Kier molecular flexibility index (Phi) is 6.67. The van der Waals surface area contributed by atoms with Crippen LogP contribution in [0.5, 0.6) is 0 Å². The molecule has 4 rings (SSSR count). The van der Waals surface area contributed by atoms with Crippen molar-refractivity contribution in [2.45, 2.75) is 38.1 Å². The number of likely N-dealkylation sites (tertiary alicyclic amines) is 1. The van der Waals surface area contributed by atoms with E-state index in [4.69, 9.17) is 11.6 Å². The molecule has 0 saturated carbocycles. The van der Waals surface area contributed by atoms with Crippen molar-refractivity contribution in [2.75, 3.05) is 37.6 Å². The Morgan fingerprint density at radius 1 is 1.07 bits per heavy atom. The minimum atomic E-state index is -0.0780. The van der Waals surface area contributed by atoms with Crippen molar-refractivity contribution in [1.82, 2.24) is 15.2 Å². The number of nitrogens with one attached hydrogen (secondary N) is 1. The Morgan fingerprint density at radius 2 is 1.83 bits per heavy atom. The zero-order chi connectivity index (χ0) is 20.1. The molecule has 5 nitrogen and oxygen atoms in total. The van der Waals surface area contributed by atoms with E-state index in [0.717, 1.165) is 37.4 Å². The third kappa shape index (κ3) is 4.90. The first kappa shape index (κ1) is 20.2. The number of halogens is 1. The van der Waals surface area contributed by atoms with Crippen LogP contribution in [-0.4, -0.2) is 48.5 Å². The van der Waals surface area contributed by atoms with Crippen molar-refractivity contribution in [3.05, 3.63) is 58.9 Å². The fraction of sp³-hybridized carbons (Fsp3) is 0.478. The van der Waals surface area contributed by atoms with Gasteiger partial charge in [-0.05, 0) is 68.6 Å². The maximum absolute atomic E-state index is 12.8. The van der Waals surface area contributed by atoms with Crippen molar-refractivity contribution >= 4 is 23.2 Å². The molecule has 2 aromatic rings. The minimum Gasteiger partial charge on any atom is -0.370 e.